The summed E-state index contributed by atoms with van der Waals surface area (Å²) in [5, 5.41) is 5.16. The second kappa shape index (κ2) is 6.23. The van der Waals surface area contributed by atoms with Gasteiger partial charge in [0, 0.05) is 24.3 Å². The van der Waals surface area contributed by atoms with Gasteiger partial charge in [-0.25, -0.2) is 0 Å². The van der Waals surface area contributed by atoms with Gasteiger partial charge in [0.15, 0.2) is 0 Å². The molecule has 114 valence electrons. The number of H-pyrrole nitrogens is 1. The van der Waals surface area contributed by atoms with Crippen molar-refractivity contribution in [3.8, 4) is 0 Å². The predicted octanol–water partition coefficient (Wildman–Crippen LogP) is 4.72. The molecule has 0 radical (unpaired) electrons. The molecular formula is C19H28N2. The van der Waals surface area contributed by atoms with Crippen molar-refractivity contribution in [1.82, 2.24) is 10.3 Å². The first-order valence-electron chi connectivity index (χ1n) is 8.43. The van der Waals surface area contributed by atoms with E-state index in [4.69, 9.17) is 0 Å². The minimum Gasteiger partial charge on any atom is -0.361 e. The van der Waals surface area contributed by atoms with E-state index in [9.17, 15) is 0 Å². The third-order valence-corrected chi connectivity index (χ3v) is 5.21. The van der Waals surface area contributed by atoms with E-state index >= 15 is 0 Å². The summed E-state index contributed by atoms with van der Waals surface area (Å²) < 4.78 is 0. The average molecular weight is 284 g/mol. The number of hydrogen-bond acceptors (Lipinski definition) is 1. The Morgan fingerprint density at radius 1 is 1.24 bits per heavy atom. The number of aromatic amines is 1. The van der Waals surface area contributed by atoms with Crippen LogP contribution < -0.4 is 5.32 Å². The van der Waals surface area contributed by atoms with Crippen LogP contribution in [-0.2, 0) is 6.54 Å². The van der Waals surface area contributed by atoms with Gasteiger partial charge in [-0.2, -0.15) is 0 Å². The van der Waals surface area contributed by atoms with Gasteiger partial charge in [-0.15, -0.1) is 0 Å². The fourth-order valence-corrected chi connectivity index (χ4v) is 3.90. The number of fused-ring (bicyclic) bond motifs is 1. The van der Waals surface area contributed by atoms with Crippen LogP contribution in [0, 0.1) is 17.8 Å². The Hall–Kier alpha value is -1.28. The fourth-order valence-electron chi connectivity index (χ4n) is 3.90. The summed E-state index contributed by atoms with van der Waals surface area (Å²) in [4.78, 5) is 3.26. The molecule has 2 N–H and O–H groups in total. The monoisotopic (exact) mass is 284 g/mol. The van der Waals surface area contributed by atoms with Crippen molar-refractivity contribution in [2.75, 3.05) is 0 Å². The summed E-state index contributed by atoms with van der Waals surface area (Å²) in [6, 6.07) is 9.56. The Morgan fingerprint density at radius 3 is 2.90 bits per heavy atom. The second-order valence-electron chi connectivity index (χ2n) is 7.21. The first-order valence-corrected chi connectivity index (χ1v) is 8.43. The SMILES string of the molecule is CC1CCC(C(C)C)C(NCc2ccc3[nH]ccc3c2)C1. The van der Waals surface area contributed by atoms with Gasteiger partial charge in [0.1, 0.15) is 0 Å². The lowest BCUT2D eigenvalue weighted by atomic mass is 9.74. The van der Waals surface area contributed by atoms with Crippen LogP contribution in [-0.4, -0.2) is 11.0 Å². The minimum atomic E-state index is 0.677. The summed E-state index contributed by atoms with van der Waals surface area (Å²) in [5.74, 6) is 2.48. The average Bonchev–Trinajstić information content (AvgIpc) is 2.92. The predicted molar refractivity (Wildman–Crippen MR) is 90.3 cm³/mol. The first-order chi connectivity index (χ1) is 10.1. The van der Waals surface area contributed by atoms with Gasteiger partial charge in [0.2, 0.25) is 0 Å². The summed E-state index contributed by atoms with van der Waals surface area (Å²) in [6.07, 6.45) is 6.12. The molecule has 2 aromatic rings. The lowest BCUT2D eigenvalue weighted by Crippen LogP contribution is -2.42. The lowest BCUT2D eigenvalue weighted by molar-refractivity contribution is 0.169. The van der Waals surface area contributed by atoms with E-state index in [2.05, 4.69) is 55.3 Å². The second-order valence-corrected chi connectivity index (χ2v) is 7.21. The summed E-state index contributed by atoms with van der Waals surface area (Å²) in [6.45, 7) is 8.14. The van der Waals surface area contributed by atoms with Crippen LogP contribution in [0.1, 0.15) is 45.6 Å². The molecule has 0 amide bonds. The number of hydrogen-bond donors (Lipinski definition) is 2. The zero-order chi connectivity index (χ0) is 14.8. The smallest absolute Gasteiger partial charge is 0.0454 e. The molecule has 2 heteroatoms. The number of nitrogens with one attached hydrogen (secondary N) is 2. The molecule has 1 aromatic carbocycles. The van der Waals surface area contributed by atoms with Gasteiger partial charge in [-0.05, 0) is 59.7 Å². The van der Waals surface area contributed by atoms with Gasteiger partial charge in [0.25, 0.3) is 0 Å². The highest BCUT2D eigenvalue weighted by Crippen LogP contribution is 2.33. The highest BCUT2D eigenvalue weighted by Gasteiger charge is 2.30. The summed E-state index contributed by atoms with van der Waals surface area (Å²) in [5.41, 5.74) is 2.62. The van der Waals surface area contributed by atoms with Crippen LogP contribution in [0.2, 0.25) is 0 Å². The van der Waals surface area contributed by atoms with Gasteiger partial charge in [-0.1, -0.05) is 33.3 Å². The maximum Gasteiger partial charge on any atom is 0.0454 e. The minimum absolute atomic E-state index is 0.677. The molecule has 0 spiro atoms. The molecule has 0 bridgehead atoms. The Kier molecular flexibility index (Phi) is 4.34. The van der Waals surface area contributed by atoms with Crippen LogP contribution in [0.25, 0.3) is 10.9 Å². The van der Waals surface area contributed by atoms with Crippen LogP contribution in [0.3, 0.4) is 0 Å². The van der Waals surface area contributed by atoms with Crippen molar-refractivity contribution in [3.63, 3.8) is 0 Å². The Bertz CT molecular complexity index is 584. The first kappa shape index (κ1) is 14.6. The van der Waals surface area contributed by atoms with E-state index in [1.807, 2.05) is 6.20 Å². The van der Waals surface area contributed by atoms with E-state index in [1.165, 1.54) is 35.7 Å². The quantitative estimate of drug-likeness (QED) is 0.835. The van der Waals surface area contributed by atoms with Crippen molar-refractivity contribution in [3.05, 3.63) is 36.0 Å². The summed E-state index contributed by atoms with van der Waals surface area (Å²) >= 11 is 0. The van der Waals surface area contributed by atoms with Crippen LogP contribution in [0.15, 0.2) is 30.5 Å². The number of aromatic nitrogens is 1. The van der Waals surface area contributed by atoms with Gasteiger partial charge < -0.3 is 10.3 Å². The van der Waals surface area contributed by atoms with Crippen LogP contribution in [0.4, 0.5) is 0 Å². The molecule has 1 fully saturated rings. The summed E-state index contributed by atoms with van der Waals surface area (Å²) in [7, 11) is 0. The molecule has 1 aliphatic carbocycles. The van der Waals surface area contributed by atoms with Crippen molar-refractivity contribution >= 4 is 10.9 Å². The van der Waals surface area contributed by atoms with E-state index < -0.39 is 0 Å². The largest absolute Gasteiger partial charge is 0.361 e. The maximum absolute atomic E-state index is 3.85. The Labute approximate surface area is 128 Å². The molecule has 1 heterocycles. The molecular weight excluding hydrogens is 256 g/mol. The Morgan fingerprint density at radius 2 is 2.10 bits per heavy atom. The zero-order valence-electron chi connectivity index (χ0n) is 13.5. The molecule has 3 atom stereocenters. The lowest BCUT2D eigenvalue weighted by Gasteiger charge is -2.38. The molecule has 2 nitrogen and oxygen atoms in total. The van der Waals surface area contributed by atoms with Gasteiger partial charge in [-0.3, -0.25) is 0 Å². The molecule has 21 heavy (non-hydrogen) atoms. The third-order valence-electron chi connectivity index (χ3n) is 5.21. The standard InChI is InChI=1S/C19H28N2/c1-13(2)17-6-4-14(3)10-19(17)21-12-15-5-7-18-16(11-15)8-9-20-18/h5,7-9,11,13-14,17,19-21H,4,6,10,12H2,1-3H3. The van der Waals surface area contributed by atoms with Crippen molar-refractivity contribution in [2.45, 2.75) is 52.6 Å². The van der Waals surface area contributed by atoms with E-state index in [0.717, 1.165) is 24.3 Å². The van der Waals surface area contributed by atoms with E-state index in [1.54, 1.807) is 0 Å². The Balaban J connectivity index is 1.66. The molecule has 0 aliphatic heterocycles. The molecule has 3 rings (SSSR count). The van der Waals surface area contributed by atoms with E-state index in [-0.39, 0.29) is 0 Å². The van der Waals surface area contributed by atoms with Crippen molar-refractivity contribution in [2.24, 2.45) is 17.8 Å². The number of rotatable bonds is 4. The highest BCUT2D eigenvalue weighted by atomic mass is 14.9. The fraction of sp³-hybridized carbons (Fsp3) is 0.579. The normalized spacial score (nSPS) is 26.6. The molecule has 1 aliphatic rings. The van der Waals surface area contributed by atoms with Gasteiger partial charge in [0.05, 0.1) is 0 Å². The zero-order valence-corrected chi connectivity index (χ0v) is 13.5. The van der Waals surface area contributed by atoms with Gasteiger partial charge >= 0.3 is 0 Å². The molecule has 1 aromatic heterocycles. The maximum atomic E-state index is 3.85. The van der Waals surface area contributed by atoms with Crippen molar-refractivity contribution in [1.29, 1.82) is 0 Å². The van der Waals surface area contributed by atoms with Crippen LogP contribution >= 0.6 is 0 Å². The van der Waals surface area contributed by atoms with Crippen LogP contribution in [0.5, 0.6) is 0 Å². The highest BCUT2D eigenvalue weighted by molar-refractivity contribution is 5.79. The van der Waals surface area contributed by atoms with Crippen molar-refractivity contribution < 1.29 is 0 Å². The molecule has 3 unspecified atom stereocenters. The number of benzene rings is 1. The molecule has 0 saturated heterocycles. The van der Waals surface area contributed by atoms with E-state index in [0.29, 0.717) is 6.04 Å². The topological polar surface area (TPSA) is 27.8 Å². The third kappa shape index (κ3) is 3.32. The molecule has 1 saturated carbocycles.